The van der Waals surface area contributed by atoms with Crippen molar-refractivity contribution < 1.29 is 29.0 Å². The Bertz CT molecular complexity index is 828. The summed E-state index contributed by atoms with van der Waals surface area (Å²) in [6.45, 7) is 0.143. The van der Waals surface area contributed by atoms with Crippen LogP contribution in [0.15, 0.2) is 60.7 Å². The molecule has 0 unspecified atom stereocenters. The van der Waals surface area contributed by atoms with E-state index in [1.54, 1.807) is 48.5 Å². The van der Waals surface area contributed by atoms with Gasteiger partial charge in [0.05, 0.1) is 0 Å². The minimum atomic E-state index is -2.27. The van der Waals surface area contributed by atoms with Crippen LogP contribution in [-0.2, 0) is 32.3 Å². The molecule has 2 aromatic carbocycles. The average molecular weight is 414 g/mol. The lowest BCUT2D eigenvalue weighted by Gasteiger charge is -2.28. The van der Waals surface area contributed by atoms with Gasteiger partial charge in [-0.15, -0.1) is 0 Å². The highest BCUT2D eigenvalue weighted by atomic mass is 16.6. The number of carboxylic acid groups (broad SMARTS) is 1. The number of carbonyl (C=O) groups is 3. The number of amides is 1. The fourth-order valence-electron chi connectivity index (χ4n) is 2.78. The van der Waals surface area contributed by atoms with Crippen LogP contribution in [-0.4, -0.2) is 35.2 Å². The summed E-state index contributed by atoms with van der Waals surface area (Å²) >= 11 is 0. The Labute approximate surface area is 175 Å². The first kappa shape index (κ1) is 22.9. The first-order valence-electron chi connectivity index (χ1n) is 9.61. The van der Waals surface area contributed by atoms with Crippen LogP contribution in [0.1, 0.15) is 30.4 Å². The lowest BCUT2D eigenvalue weighted by Crippen LogP contribution is -2.60. The number of carbonyl (C=O) groups excluding carboxylic acids is 2. The van der Waals surface area contributed by atoms with Gasteiger partial charge in [-0.2, -0.15) is 0 Å². The molecule has 8 nitrogen and oxygen atoms in total. The van der Waals surface area contributed by atoms with Crippen molar-refractivity contribution in [2.75, 3.05) is 6.54 Å². The van der Waals surface area contributed by atoms with Crippen molar-refractivity contribution in [1.29, 1.82) is 0 Å². The summed E-state index contributed by atoms with van der Waals surface area (Å²) in [4.78, 5) is 37.2. The van der Waals surface area contributed by atoms with Crippen LogP contribution in [0.25, 0.3) is 0 Å². The third kappa shape index (κ3) is 6.59. The largest absolute Gasteiger partial charge is 0.479 e. The minimum Gasteiger partial charge on any atom is -0.479 e. The molecule has 0 heterocycles. The number of nitrogens with two attached hydrogens (primary N) is 1. The molecule has 0 saturated carbocycles. The molecule has 2 aromatic rings. The molecule has 0 saturated heterocycles. The number of rotatable bonds is 11. The van der Waals surface area contributed by atoms with Crippen LogP contribution < -0.4 is 11.1 Å². The molecular formula is C22H26N2O6. The van der Waals surface area contributed by atoms with Crippen LogP contribution in [0.3, 0.4) is 0 Å². The fraction of sp³-hybridized carbons (Fsp3) is 0.318. The summed E-state index contributed by atoms with van der Waals surface area (Å²) in [5.41, 5.74) is 4.63. The summed E-state index contributed by atoms with van der Waals surface area (Å²) < 4.78 is 10.3. The zero-order chi connectivity index (χ0) is 21.8. The van der Waals surface area contributed by atoms with E-state index >= 15 is 0 Å². The van der Waals surface area contributed by atoms with Gasteiger partial charge < -0.3 is 20.3 Å². The molecule has 0 bridgehead atoms. The standard InChI is InChI=1S/C22H26N2O6/c23-14-8-7-13-22(19(25)26,20(27)29-15-17-9-3-1-4-10-17)24-21(28)30-16-18-11-5-2-6-12-18/h1-6,9-12H,7-8,13-16,23H2,(H,24,28)(H,25,26)/t22-/m0/s1. The van der Waals surface area contributed by atoms with E-state index in [9.17, 15) is 19.5 Å². The molecule has 0 radical (unpaired) electrons. The number of alkyl carbamates (subject to hydrolysis) is 1. The lowest BCUT2D eigenvalue weighted by atomic mass is 9.92. The van der Waals surface area contributed by atoms with Crippen LogP contribution >= 0.6 is 0 Å². The second kappa shape index (κ2) is 11.6. The van der Waals surface area contributed by atoms with Gasteiger partial charge >= 0.3 is 18.0 Å². The van der Waals surface area contributed by atoms with E-state index in [1.807, 2.05) is 12.1 Å². The van der Waals surface area contributed by atoms with Crippen molar-refractivity contribution in [2.24, 2.45) is 5.73 Å². The molecule has 8 heteroatoms. The Morgan fingerprint density at radius 1 is 0.867 bits per heavy atom. The molecule has 1 amide bonds. The van der Waals surface area contributed by atoms with Crippen molar-refractivity contribution in [2.45, 2.75) is 38.0 Å². The van der Waals surface area contributed by atoms with E-state index in [0.717, 1.165) is 5.56 Å². The number of unbranched alkanes of at least 4 members (excludes halogenated alkanes) is 1. The van der Waals surface area contributed by atoms with Crippen molar-refractivity contribution in [3.05, 3.63) is 71.8 Å². The molecule has 0 aliphatic heterocycles. The van der Waals surface area contributed by atoms with E-state index in [0.29, 0.717) is 24.9 Å². The highest BCUT2D eigenvalue weighted by Crippen LogP contribution is 2.19. The Hall–Kier alpha value is -3.39. The maximum atomic E-state index is 12.8. The third-order valence-electron chi connectivity index (χ3n) is 4.46. The van der Waals surface area contributed by atoms with Crippen molar-refractivity contribution in [3.63, 3.8) is 0 Å². The third-order valence-corrected chi connectivity index (χ3v) is 4.46. The quantitative estimate of drug-likeness (QED) is 0.293. The summed E-state index contributed by atoms with van der Waals surface area (Å²) in [7, 11) is 0. The van der Waals surface area contributed by atoms with Gasteiger partial charge in [0.15, 0.2) is 0 Å². The lowest BCUT2D eigenvalue weighted by molar-refractivity contribution is -0.164. The number of nitrogens with one attached hydrogen (secondary N) is 1. The highest BCUT2D eigenvalue weighted by Gasteiger charge is 2.49. The molecular weight excluding hydrogens is 388 g/mol. The number of esters is 1. The first-order valence-corrected chi connectivity index (χ1v) is 9.61. The number of carboxylic acids is 1. The molecule has 0 spiro atoms. The molecule has 0 aliphatic carbocycles. The summed E-state index contributed by atoms with van der Waals surface area (Å²) in [6.07, 6.45) is -0.400. The highest BCUT2D eigenvalue weighted by molar-refractivity contribution is 6.06. The smallest absolute Gasteiger partial charge is 0.408 e. The van der Waals surface area contributed by atoms with Crippen molar-refractivity contribution >= 4 is 18.0 Å². The van der Waals surface area contributed by atoms with Gasteiger partial charge in [-0.1, -0.05) is 60.7 Å². The molecule has 0 fully saturated rings. The molecule has 0 aliphatic rings. The summed E-state index contributed by atoms with van der Waals surface area (Å²) in [6, 6.07) is 17.7. The Balaban J connectivity index is 2.10. The minimum absolute atomic E-state index is 0.0652. The number of ether oxygens (including phenoxy) is 2. The fourth-order valence-corrected chi connectivity index (χ4v) is 2.78. The van der Waals surface area contributed by atoms with E-state index in [-0.39, 0.29) is 19.6 Å². The van der Waals surface area contributed by atoms with Crippen LogP contribution in [0.2, 0.25) is 0 Å². The van der Waals surface area contributed by atoms with E-state index in [1.165, 1.54) is 0 Å². The SMILES string of the molecule is NCCCC[C@](NC(=O)OCc1ccccc1)(C(=O)O)C(=O)OCc1ccccc1. The maximum absolute atomic E-state index is 12.8. The Kier molecular flexibility index (Phi) is 8.83. The molecule has 0 aromatic heterocycles. The second-order valence-electron chi connectivity index (χ2n) is 6.70. The zero-order valence-electron chi connectivity index (χ0n) is 16.6. The average Bonchev–Trinajstić information content (AvgIpc) is 2.76. The Morgan fingerprint density at radius 2 is 1.40 bits per heavy atom. The van der Waals surface area contributed by atoms with Gasteiger partial charge in [-0.3, -0.25) is 5.32 Å². The van der Waals surface area contributed by atoms with E-state index < -0.39 is 23.6 Å². The zero-order valence-corrected chi connectivity index (χ0v) is 16.6. The second-order valence-corrected chi connectivity index (χ2v) is 6.70. The normalized spacial score (nSPS) is 12.4. The molecule has 160 valence electrons. The van der Waals surface area contributed by atoms with Gasteiger partial charge in [0.2, 0.25) is 5.54 Å². The van der Waals surface area contributed by atoms with Gasteiger partial charge in [0.25, 0.3) is 0 Å². The summed E-state index contributed by atoms with van der Waals surface area (Å²) in [5.74, 6) is -2.58. The maximum Gasteiger partial charge on any atom is 0.408 e. The number of benzene rings is 2. The summed E-state index contributed by atoms with van der Waals surface area (Å²) in [5, 5.41) is 12.0. The van der Waals surface area contributed by atoms with Crippen LogP contribution in [0.4, 0.5) is 4.79 Å². The van der Waals surface area contributed by atoms with Crippen LogP contribution in [0.5, 0.6) is 0 Å². The predicted octanol–water partition coefficient (Wildman–Crippen LogP) is 2.61. The molecule has 4 N–H and O–H groups in total. The van der Waals surface area contributed by atoms with Crippen molar-refractivity contribution in [1.82, 2.24) is 5.32 Å². The molecule has 30 heavy (non-hydrogen) atoms. The monoisotopic (exact) mass is 414 g/mol. The van der Waals surface area contributed by atoms with Gasteiger partial charge in [0, 0.05) is 0 Å². The predicted molar refractivity (Wildman–Crippen MR) is 109 cm³/mol. The van der Waals surface area contributed by atoms with Gasteiger partial charge in [-0.05, 0) is 36.9 Å². The van der Waals surface area contributed by atoms with Crippen molar-refractivity contribution in [3.8, 4) is 0 Å². The van der Waals surface area contributed by atoms with Gasteiger partial charge in [0.1, 0.15) is 13.2 Å². The topological polar surface area (TPSA) is 128 Å². The first-order chi connectivity index (χ1) is 14.5. The van der Waals surface area contributed by atoms with Gasteiger partial charge in [-0.25, -0.2) is 14.4 Å². The number of hydrogen-bond acceptors (Lipinski definition) is 6. The van der Waals surface area contributed by atoms with E-state index in [2.05, 4.69) is 5.32 Å². The van der Waals surface area contributed by atoms with E-state index in [4.69, 9.17) is 15.2 Å². The number of hydrogen-bond donors (Lipinski definition) is 3. The molecule has 2 rings (SSSR count). The van der Waals surface area contributed by atoms with Crippen LogP contribution in [0, 0.1) is 0 Å². The Morgan fingerprint density at radius 3 is 1.90 bits per heavy atom. The number of aliphatic carboxylic acids is 1. The molecule has 1 atom stereocenters.